The summed E-state index contributed by atoms with van der Waals surface area (Å²) < 4.78 is 13.4. The molecule has 1 N–H and O–H groups in total. The Hall–Kier alpha value is -1.67. The number of hydrogen-bond acceptors (Lipinski definition) is 1. The molecule has 0 spiro atoms. The van der Waals surface area contributed by atoms with Gasteiger partial charge in [-0.2, -0.15) is 0 Å². The standard InChI is InChI=1S/C18H22FN/c1-4-18(15-9-7-10-16(19)12-15)20-14(3)17-11-6-5-8-13(17)2/h5-12,14,18,20H,4H2,1-3H3/t14-,18?/m0/s1. The summed E-state index contributed by atoms with van der Waals surface area (Å²) in [4.78, 5) is 0. The van der Waals surface area contributed by atoms with E-state index in [1.54, 1.807) is 12.1 Å². The number of nitrogens with one attached hydrogen (secondary N) is 1. The van der Waals surface area contributed by atoms with Crippen molar-refractivity contribution in [2.75, 3.05) is 0 Å². The van der Waals surface area contributed by atoms with Crippen LogP contribution >= 0.6 is 0 Å². The predicted octanol–water partition coefficient (Wildman–Crippen LogP) is 4.94. The maximum Gasteiger partial charge on any atom is 0.123 e. The third-order valence-corrected chi connectivity index (χ3v) is 3.77. The Kier molecular flexibility index (Phi) is 4.91. The second-order valence-corrected chi connectivity index (χ2v) is 5.26. The third kappa shape index (κ3) is 3.45. The van der Waals surface area contributed by atoms with Gasteiger partial charge in [-0.05, 0) is 49.1 Å². The van der Waals surface area contributed by atoms with E-state index in [2.05, 4.69) is 50.4 Å². The number of hydrogen-bond donors (Lipinski definition) is 1. The lowest BCUT2D eigenvalue weighted by Crippen LogP contribution is -2.24. The van der Waals surface area contributed by atoms with Crippen LogP contribution in [0.1, 0.15) is 49.0 Å². The minimum absolute atomic E-state index is 0.167. The molecule has 2 aromatic rings. The summed E-state index contributed by atoms with van der Waals surface area (Å²) >= 11 is 0. The minimum Gasteiger partial charge on any atom is -0.303 e. The van der Waals surface area contributed by atoms with Crippen molar-refractivity contribution in [1.29, 1.82) is 0 Å². The van der Waals surface area contributed by atoms with Crippen LogP contribution in [0.15, 0.2) is 48.5 Å². The van der Waals surface area contributed by atoms with E-state index in [9.17, 15) is 4.39 Å². The van der Waals surface area contributed by atoms with E-state index in [1.165, 1.54) is 17.2 Å². The highest BCUT2D eigenvalue weighted by atomic mass is 19.1. The fourth-order valence-electron chi connectivity index (χ4n) is 2.64. The maximum absolute atomic E-state index is 13.4. The predicted molar refractivity (Wildman–Crippen MR) is 82.2 cm³/mol. The molecule has 2 rings (SSSR count). The molecule has 0 aliphatic heterocycles. The van der Waals surface area contributed by atoms with Gasteiger partial charge in [-0.15, -0.1) is 0 Å². The molecule has 2 heteroatoms. The normalized spacial score (nSPS) is 14.0. The molecule has 1 nitrogen and oxygen atoms in total. The molecule has 2 aromatic carbocycles. The number of rotatable bonds is 5. The zero-order valence-electron chi connectivity index (χ0n) is 12.4. The van der Waals surface area contributed by atoms with Crippen LogP contribution in [0.5, 0.6) is 0 Å². The van der Waals surface area contributed by atoms with Gasteiger partial charge in [0.1, 0.15) is 5.82 Å². The highest BCUT2D eigenvalue weighted by Crippen LogP contribution is 2.24. The van der Waals surface area contributed by atoms with Gasteiger partial charge in [-0.3, -0.25) is 0 Å². The van der Waals surface area contributed by atoms with Gasteiger partial charge in [0.05, 0.1) is 0 Å². The zero-order chi connectivity index (χ0) is 14.5. The highest BCUT2D eigenvalue weighted by molar-refractivity contribution is 5.29. The molecule has 0 amide bonds. The van der Waals surface area contributed by atoms with E-state index in [0.717, 1.165) is 12.0 Å². The van der Waals surface area contributed by atoms with Gasteiger partial charge < -0.3 is 5.32 Å². The van der Waals surface area contributed by atoms with Crippen molar-refractivity contribution in [3.8, 4) is 0 Å². The summed E-state index contributed by atoms with van der Waals surface area (Å²) in [6.45, 7) is 6.40. The fourth-order valence-corrected chi connectivity index (χ4v) is 2.64. The smallest absolute Gasteiger partial charge is 0.123 e. The van der Waals surface area contributed by atoms with E-state index in [1.807, 2.05) is 6.07 Å². The summed E-state index contributed by atoms with van der Waals surface area (Å²) in [6.07, 6.45) is 0.930. The van der Waals surface area contributed by atoms with Crippen molar-refractivity contribution in [1.82, 2.24) is 5.32 Å². The third-order valence-electron chi connectivity index (χ3n) is 3.77. The van der Waals surface area contributed by atoms with Crippen LogP contribution in [0.2, 0.25) is 0 Å². The van der Waals surface area contributed by atoms with Crippen LogP contribution in [0.25, 0.3) is 0 Å². The molecule has 0 saturated heterocycles. The Morgan fingerprint density at radius 3 is 2.50 bits per heavy atom. The first-order valence-corrected chi connectivity index (χ1v) is 7.19. The summed E-state index contributed by atoms with van der Waals surface area (Å²) in [5.74, 6) is -0.175. The number of aryl methyl sites for hydroxylation is 1. The number of halogens is 1. The first-order valence-electron chi connectivity index (χ1n) is 7.19. The van der Waals surface area contributed by atoms with Gasteiger partial charge in [-0.25, -0.2) is 4.39 Å². The lowest BCUT2D eigenvalue weighted by atomic mass is 9.99. The second-order valence-electron chi connectivity index (χ2n) is 5.26. The van der Waals surface area contributed by atoms with E-state index in [4.69, 9.17) is 0 Å². The van der Waals surface area contributed by atoms with Crippen LogP contribution in [0.3, 0.4) is 0 Å². The second kappa shape index (κ2) is 6.67. The molecule has 0 saturated carbocycles. The average Bonchev–Trinajstić information content (AvgIpc) is 2.45. The topological polar surface area (TPSA) is 12.0 Å². The first-order chi connectivity index (χ1) is 9.61. The lowest BCUT2D eigenvalue weighted by molar-refractivity contribution is 0.453. The van der Waals surface area contributed by atoms with Gasteiger partial charge in [0, 0.05) is 12.1 Å². The van der Waals surface area contributed by atoms with Gasteiger partial charge in [0.25, 0.3) is 0 Å². The molecule has 20 heavy (non-hydrogen) atoms. The Morgan fingerprint density at radius 1 is 1.10 bits per heavy atom. The molecule has 1 unspecified atom stereocenters. The van der Waals surface area contributed by atoms with Crippen LogP contribution in [-0.2, 0) is 0 Å². The lowest BCUT2D eigenvalue weighted by Gasteiger charge is -2.24. The molecular weight excluding hydrogens is 249 g/mol. The Morgan fingerprint density at radius 2 is 1.85 bits per heavy atom. The van der Waals surface area contributed by atoms with Crippen molar-refractivity contribution < 1.29 is 4.39 Å². The monoisotopic (exact) mass is 271 g/mol. The Bertz CT molecular complexity index is 565. The van der Waals surface area contributed by atoms with Crippen LogP contribution in [-0.4, -0.2) is 0 Å². The van der Waals surface area contributed by atoms with Crippen molar-refractivity contribution in [3.05, 3.63) is 71.0 Å². The van der Waals surface area contributed by atoms with Crippen LogP contribution < -0.4 is 5.32 Å². The van der Waals surface area contributed by atoms with Crippen molar-refractivity contribution >= 4 is 0 Å². The SMILES string of the molecule is CCC(N[C@@H](C)c1ccccc1C)c1cccc(F)c1. The molecule has 0 radical (unpaired) electrons. The molecular formula is C18H22FN. The van der Waals surface area contributed by atoms with E-state index < -0.39 is 0 Å². The van der Waals surface area contributed by atoms with Gasteiger partial charge in [0.2, 0.25) is 0 Å². The average molecular weight is 271 g/mol. The molecule has 0 aromatic heterocycles. The highest BCUT2D eigenvalue weighted by Gasteiger charge is 2.15. The molecule has 0 bridgehead atoms. The van der Waals surface area contributed by atoms with Crippen LogP contribution in [0, 0.1) is 12.7 Å². The molecule has 0 heterocycles. The largest absolute Gasteiger partial charge is 0.303 e. The van der Waals surface area contributed by atoms with Crippen molar-refractivity contribution in [2.24, 2.45) is 0 Å². The van der Waals surface area contributed by atoms with Gasteiger partial charge in [0.15, 0.2) is 0 Å². The fraction of sp³-hybridized carbons (Fsp3) is 0.333. The molecule has 0 fully saturated rings. The molecule has 0 aliphatic rings. The van der Waals surface area contributed by atoms with E-state index in [0.29, 0.717) is 0 Å². The summed E-state index contributed by atoms with van der Waals surface area (Å²) in [5, 5.41) is 3.60. The van der Waals surface area contributed by atoms with Gasteiger partial charge in [-0.1, -0.05) is 43.3 Å². The molecule has 0 aliphatic carbocycles. The van der Waals surface area contributed by atoms with Crippen molar-refractivity contribution in [2.45, 2.75) is 39.3 Å². The summed E-state index contributed by atoms with van der Waals surface area (Å²) in [5.41, 5.74) is 3.58. The van der Waals surface area contributed by atoms with E-state index in [-0.39, 0.29) is 17.9 Å². The maximum atomic E-state index is 13.4. The Balaban J connectivity index is 2.16. The van der Waals surface area contributed by atoms with Crippen LogP contribution in [0.4, 0.5) is 4.39 Å². The first kappa shape index (κ1) is 14.7. The summed E-state index contributed by atoms with van der Waals surface area (Å²) in [6, 6.07) is 15.6. The molecule has 2 atom stereocenters. The number of benzene rings is 2. The van der Waals surface area contributed by atoms with Crippen molar-refractivity contribution in [3.63, 3.8) is 0 Å². The summed E-state index contributed by atoms with van der Waals surface area (Å²) in [7, 11) is 0. The zero-order valence-corrected chi connectivity index (χ0v) is 12.4. The minimum atomic E-state index is -0.175. The molecule has 106 valence electrons. The van der Waals surface area contributed by atoms with Gasteiger partial charge >= 0.3 is 0 Å². The Labute approximate surface area is 120 Å². The quantitative estimate of drug-likeness (QED) is 0.812. The van der Waals surface area contributed by atoms with E-state index >= 15 is 0 Å².